The van der Waals surface area contributed by atoms with Gasteiger partial charge in [0, 0.05) is 28.4 Å². The van der Waals surface area contributed by atoms with Gasteiger partial charge in [-0.1, -0.05) is 12.1 Å². The number of imidazole rings is 1. The highest BCUT2D eigenvalue weighted by Gasteiger charge is 2.17. The van der Waals surface area contributed by atoms with Crippen LogP contribution in [0.2, 0.25) is 0 Å². The second-order valence-corrected chi connectivity index (χ2v) is 6.57. The first-order chi connectivity index (χ1) is 12.8. The van der Waals surface area contributed by atoms with Crippen LogP contribution in [0.1, 0.15) is 0 Å². The van der Waals surface area contributed by atoms with E-state index in [0.717, 1.165) is 33.1 Å². The number of benzene rings is 2. The van der Waals surface area contributed by atoms with Gasteiger partial charge in [0.2, 0.25) is 0 Å². The predicted octanol–water partition coefficient (Wildman–Crippen LogP) is 5.46. The molecule has 0 unspecified atom stereocenters. The van der Waals surface area contributed by atoms with Crippen molar-refractivity contribution >= 4 is 11.8 Å². The van der Waals surface area contributed by atoms with Crippen LogP contribution in [0.5, 0.6) is 0 Å². The third-order valence-corrected chi connectivity index (χ3v) is 4.97. The van der Waals surface area contributed by atoms with Crippen molar-refractivity contribution in [2.45, 2.75) is 4.90 Å². The van der Waals surface area contributed by atoms with E-state index in [1.54, 1.807) is 36.3 Å². The summed E-state index contributed by atoms with van der Waals surface area (Å²) in [7, 11) is 0. The molecular formula is C21H16FN3S. The van der Waals surface area contributed by atoms with Crippen molar-refractivity contribution < 1.29 is 4.39 Å². The number of hydrogen-bond donors (Lipinski definition) is 0. The number of aromatic nitrogens is 3. The molecule has 0 saturated heterocycles. The van der Waals surface area contributed by atoms with E-state index in [1.165, 1.54) is 12.1 Å². The second-order valence-electron chi connectivity index (χ2n) is 5.73. The molecule has 0 N–H and O–H groups in total. The van der Waals surface area contributed by atoms with E-state index in [4.69, 9.17) is 0 Å². The first kappa shape index (κ1) is 16.5. The molecule has 26 heavy (non-hydrogen) atoms. The average molecular weight is 361 g/mol. The summed E-state index contributed by atoms with van der Waals surface area (Å²) in [4.78, 5) is 9.94. The molecule has 2 heterocycles. The molecule has 3 nitrogen and oxygen atoms in total. The Hall–Kier alpha value is -2.92. The molecule has 4 rings (SSSR count). The Balaban J connectivity index is 1.97. The monoisotopic (exact) mass is 361 g/mol. The summed E-state index contributed by atoms with van der Waals surface area (Å²) in [6.07, 6.45) is 7.41. The number of rotatable bonds is 4. The quantitative estimate of drug-likeness (QED) is 0.452. The normalized spacial score (nSPS) is 10.8. The minimum atomic E-state index is -0.258. The number of para-hydroxylation sites is 1. The molecule has 0 spiro atoms. The van der Waals surface area contributed by atoms with Crippen LogP contribution in [-0.4, -0.2) is 20.8 Å². The lowest BCUT2D eigenvalue weighted by Gasteiger charge is -2.13. The lowest BCUT2D eigenvalue weighted by Crippen LogP contribution is -1.98. The summed E-state index contributed by atoms with van der Waals surface area (Å²) in [5.74, 6) is -0.258. The molecule has 128 valence electrons. The Morgan fingerprint density at radius 1 is 0.885 bits per heavy atom. The van der Waals surface area contributed by atoms with Crippen LogP contribution in [0.25, 0.3) is 28.2 Å². The number of pyridine rings is 1. The van der Waals surface area contributed by atoms with Crippen molar-refractivity contribution in [3.8, 4) is 28.2 Å². The van der Waals surface area contributed by atoms with Gasteiger partial charge in [-0.25, -0.2) is 9.37 Å². The van der Waals surface area contributed by atoms with Gasteiger partial charge >= 0.3 is 0 Å². The molecule has 0 aliphatic carbocycles. The van der Waals surface area contributed by atoms with Gasteiger partial charge in [-0.05, 0) is 54.8 Å². The van der Waals surface area contributed by atoms with Crippen molar-refractivity contribution in [3.63, 3.8) is 0 Å². The van der Waals surface area contributed by atoms with Crippen molar-refractivity contribution in [1.29, 1.82) is 0 Å². The Morgan fingerprint density at radius 3 is 2.35 bits per heavy atom. The molecule has 0 amide bonds. The SMILES string of the molecule is CSc1ccccc1-n1cnc(-c2ccc(F)cc2)c1-c1ccncc1. The largest absolute Gasteiger partial charge is 0.297 e. The Labute approximate surface area is 155 Å². The second kappa shape index (κ2) is 7.14. The summed E-state index contributed by atoms with van der Waals surface area (Å²) in [6, 6.07) is 18.6. The van der Waals surface area contributed by atoms with E-state index in [-0.39, 0.29) is 5.82 Å². The van der Waals surface area contributed by atoms with Gasteiger partial charge in [-0.3, -0.25) is 9.55 Å². The first-order valence-corrected chi connectivity index (χ1v) is 9.37. The van der Waals surface area contributed by atoms with Crippen LogP contribution < -0.4 is 0 Å². The minimum Gasteiger partial charge on any atom is -0.297 e. The lowest BCUT2D eigenvalue weighted by molar-refractivity contribution is 0.628. The zero-order chi connectivity index (χ0) is 17.9. The summed E-state index contributed by atoms with van der Waals surface area (Å²) in [5, 5.41) is 0. The van der Waals surface area contributed by atoms with E-state index in [9.17, 15) is 4.39 Å². The van der Waals surface area contributed by atoms with Crippen LogP contribution in [-0.2, 0) is 0 Å². The summed E-state index contributed by atoms with van der Waals surface area (Å²) in [5.41, 5.74) is 4.71. The fourth-order valence-corrected chi connectivity index (χ4v) is 3.55. The van der Waals surface area contributed by atoms with Gasteiger partial charge in [-0.2, -0.15) is 0 Å². The van der Waals surface area contributed by atoms with Crippen molar-refractivity contribution in [3.05, 3.63) is 85.2 Å². The molecule has 5 heteroatoms. The Bertz CT molecular complexity index is 1030. The third kappa shape index (κ3) is 3.02. The molecular weight excluding hydrogens is 345 g/mol. The van der Waals surface area contributed by atoms with Crippen molar-refractivity contribution in [1.82, 2.24) is 14.5 Å². The molecule has 2 aromatic heterocycles. The van der Waals surface area contributed by atoms with E-state index in [0.29, 0.717) is 0 Å². The average Bonchev–Trinajstić information content (AvgIpc) is 3.14. The topological polar surface area (TPSA) is 30.7 Å². The highest BCUT2D eigenvalue weighted by atomic mass is 32.2. The zero-order valence-corrected chi connectivity index (χ0v) is 14.9. The molecule has 0 aliphatic heterocycles. The van der Waals surface area contributed by atoms with Gasteiger partial charge in [0.25, 0.3) is 0 Å². The number of nitrogens with zero attached hydrogens (tertiary/aromatic N) is 3. The molecule has 4 aromatic rings. The van der Waals surface area contributed by atoms with Crippen molar-refractivity contribution in [2.24, 2.45) is 0 Å². The van der Waals surface area contributed by atoms with Crippen LogP contribution >= 0.6 is 11.8 Å². The van der Waals surface area contributed by atoms with Crippen molar-refractivity contribution in [2.75, 3.05) is 6.26 Å². The van der Waals surface area contributed by atoms with E-state index in [2.05, 4.69) is 32.9 Å². The van der Waals surface area contributed by atoms with E-state index < -0.39 is 0 Å². The molecule has 0 saturated carbocycles. The zero-order valence-electron chi connectivity index (χ0n) is 14.1. The van der Waals surface area contributed by atoms with Crippen LogP contribution in [0.15, 0.2) is 84.3 Å². The summed E-state index contributed by atoms with van der Waals surface area (Å²) >= 11 is 1.69. The standard InChI is InChI=1S/C21H16FN3S/c1-26-19-5-3-2-4-18(19)25-14-24-20(15-6-8-17(22)9-7-15)21(25)16-10-12-23-13-11-16/h2-14H,1H3. The maximum absolute atomic E-state index is 13.4. The Morgan fingerprint density at radius 2 is 1.62 bits per heavy atom. The predicted molar refractivity (Wildman–Crippen MR) is 104 cm³/mol. The number of thioether (sulfide) groups is 1. The van der Waals surface area contributed by atoms with Gasteiger partial charge in [0.15, 0.2) is 0 Å². The molecule has 0 atom stereocenters. The van der Waals surface area contributed by atoms with Gasteiger partial charge in [0.05, 0.1) is 17.1 Å². The van der Waals surface area contributed by atoms with Crippen LogP contribution in [0.3, 0.4) is 0 Å². The van der Waals surface area contributed by atoms with Crippen LogP contribution in [0, 0.1) is 5.82 Å². The third-order valence-electron chi connectivity index (χ3n) is 4.18. The maximum Gasteiger partial charge on any atom is 0.123 e. The highest BCUT2D eigenvalue weighted by Crippen LogP contribution is 2.35. The summed E-state index contributed by atoms with van der Waals surface area (Å²) < 4.78 is 15.4. The number of halogens is 1. The highest BCUT2D eigenvalue weighted by molar-refractivity contribution is 7.98. The molecule has 0 aliphatic rings. The smallest absolute Gasteiger partial charge is 0.123 e. The Kier molecular flexibility index (Phi) is 4.54. The van der Waals surface area contributed by atoms with E-state index in [1.807, 2.05) is 30.6 Å². The van der Waals surface area contributed by atoms with E-state index >= 15 is 0 Å². The fraction of sp³-hybridized carbons (Fsp3) is 0.0476. The maximum atomic E-state index is 13.4. The lowest BCUT2D eigenvalue weighted by atomic mass is 10.1. The van der Waals surface area contributed by atoms with Gasteiger partial charge in [0.1, 0.15) is 12.1 Å². The fourth-order valence-electron chi connectivity index (χ4n) is 2.96. The van der Waals surface area contributed by atoms with Crippen LogP contribution in [0.4, 0.5) is 4.39 Å². The first-order valence-electron chi connectivity index (χ1n) is 8.15. The summed E-state index contributed by atoms with van der Waals surface area (Å²) in [6.45, 7) is 0. The minimum absolute atomic E-state index is 0.258. The molecule has 0 bridgehead atoms. The van der Waals surface area contributed by atoms with Gasteiger partial charge in [-0.15, -0.1) is 11.8 Å². The van der Waals surface area contributed by atoms with Gasteiger partial charge < -0.3 is 0 Å². The number of hydrogen-bond acceptors (Lipinski definition) is 3. The molecule has 0 fully saturated rings. The molecule has 0 radical (unpaired) electrons. The molecule has 2 aromatic carbocycles.